The largest absolute Gasteiger partial charge is 0.370 e. The average molecular weight is 1080 g/mol. The van der Waals surface area contributed by atoms with Crippen LogP contribution in [0.3, 0.4) is 0 Å². The van der Waals surface area contributed by atoms with Crippen LogP contribution >= 0.6 is 0 Å². The highest BCUT2D eigenvalue weighted by molar-refractivity contribution is 5.98. The number of aromatic amines is 2. The molecule has 17 N–H and O–H groups in total. The van der Waals surface area contributed by atoms with Crippen LogP contribution in [-0.4, -0.2) is 142 Å². The van der Waals surface area contributed by atoms with Crippen LogP contribution in [0.25, 0.3) is 10.9 Å². The van der Waals surface area contributed by atoms with Crippen molar-refractivity contribution in [2.45, 2.75) is 127 Å². The molecule has 2 aromatic carbocycles. The predicted molar refractivity (Wildman–Crippen MR) is 287 cm³/mol. The number of imidazole rings is 1. The van der Waals surface area contributed by atoms with Crippen LogP contribution in [0.2, 0.25) is 0 Å². The number of nitrogens with zero attached hydrogens (tertiary/aromatic N) is 2. The molecule has 0 aliphatic carbocycles. The summed E-state index contributed by atoms with van der Waals surface area (Å²) in [6, 6.07) is 8.09. The number of rotatable bonds is 16. The van der Waals surface area contributed by atoms with Crippen LogP contribution in [0.15, 0.2) is 78.3 Å². The summed E-state index contributed by atoms with van der Waals surface area (Å²) in [6.45, 7) is 1.62. The molecular formula is C52H72N16O10. The number of nitrogens with two attached hydrogens (primary N) is 3. The second kappa shape index (κ2) is 31.3. The van der Waals surface area contributed by atoms with Crippen molar-refractivity contribution in [2.75, 3.05) is 26.2 Å². The molecule has 5 rings (SSSR count). The van der Waals surface area contributed by atoms with Crippen molar-refractivity contribution in [1.29, 1.82) is 0 Å². The van der Waals surface area contributed by atoms with E-state index < -0.39 is 95.8 Å². The SMILES string of the molecule is CC(=O)NCCCC(=O)N[C@H]1CC(=O)NCCCC[C@@H](C(N)=O)NC(=O)CCCNC(=O)[C@H](Cc2c[nH]c3ccccc23)NC(=O)[C@H](CCCN=C(N)N)NC(=O)[C@@H](Cc2ccccc2)NC(=O)[C@H](Cc2cnc[nH]2)NC1=O. The number of carbonyl (C=O) groups is 10. The van der Waals surface area contributed by atoms with Crippen LogP contribution < -0.4 is 65.1 Å². The minimum Gasteiger partial charge on any atom is -0.370 e. The zero-order chi connectivity index (χ0) is 56.4. The molecule has 4 aromatic rings. The number of fused-ring (bicyclic) bond motifs is 1. The first-order chi connectivity index (χ1) is 37.4. The smallest absolute Gasteiger partial charge is 0.243 e. The number of nitrogens with one attached hydrogen (secondary N) is 11. The molecule has 1 fully saturated rings. The predicted octanol–water partition coefficient (Wildman–Crippen LogP) is -2.13. The molecule has 0 radical (unpaired) electrons. The van der Waals surface area contributed by atoms with E-state index in [0.717, 1.165) is 10.9 Å². The van der Waals surface area contributed by atoms with Gasteiger partial charge in [-0.05, 0) is 62.1 Å². The number of H-pyrrole nitrogens is 2. The Hall–Kier alpha value is -8.84. The molecule has 0 saturated carbocycles. The summed E-state index contributed by atoms with van der Waals surface area (Å²) in [4.78, 5) is 150. The summed E-state index contributed by atoms with van der Waals surface area (Å²) in [5.41, 5.74) is 19.3. The fourth-order valence-electron chi connectivity index (χ4n) is 8.56. The molecule has 26 nitrogen and oxygen atoms in total. The molecule has 78 heavy (non-hydrogen) atoms. The highest BCUT2D eigenvalue weighted by atomic mass is 16.2. The molecule has 1 aliphatic rings. The lowest BCUT2D eigenvalue weighted by Crippen LogP contribution is -2.60. The summed E-state index contributed by atoms with van der Waals surface area (Å²) in [6.07, 6.45) is 4.63. The van der Waals surface area contributed by atoms with Crippen LogP contribution in [0.4, 0.5) is 0 Å². The van der Waals surface area contributed by atoms with Crippen molar-refractivity contribution in [3.8, 4) is 0 Å². The van der Waals surface area contributed by atoms with Crippen molar-refractivity contribution in [3.05, 3.63) is 90.1 Å². The van der Waals surface area contributed by atoms with Gasteiger partial charge in [0.05, 0.1) is 12.7 Å². The standard InChI is InChI=1S/C52H72N16O10/c1-31(69)57-21-10-18-44(71)64-42-27-45(72)58-20-8-7-16-37(46(53)73)63-43(70)19-11-22-59-47(74)40(25-33-28-61-36-15-6-5-14-35(33)36)67-48(75)38(17-9-23-60-52(54)55)65-49(76)39(24-32-12-3-2-4-13-32)66-50(77)41(68-51(42)78)26-34-29-56-30-62-34/h2-6,12-15,28-30,37-42,61H,7-11,16-27H2,1H3,(H2,53,73)(H,56,62)(H,57,69)(H,58,72)(H,59,74)(H,63,70)(H,64,71)(H,65,76)(H,66,77)(H,67,75)(H,68,78)(H4,54,55,60)/t37-,38-,39+,40-,41-,42-/m0/s1. The number of carbonyl (C=O) groups excluding carboxylic acids is 10. The number of para-hydroxylation sites is 1. The quantitative estimate of drug-likeness (QED) is 0.0324. The van der Waals surface area contributed by atoms with Gasteiger partial charge in [-0.15, -0.1) is 0 Å². The van der Waals surface area contributed by atoms with Gasteiger partial charge in [0, 0.05) is 94.2 Å². The Balaban J connectivity index is 1.50. The first-order valence-electron chi connectivity index (χ1n) is 26.0. The Morgan fingerprint density at radius 3 is 2.06 bits per heavy atom. The molecule has 1 aliphatic heterocycles. The summed E-state index contributed by atoms with van der Waals surface area (Å²) in [5, 5.41) is 25.1. The Kier molecular flexibility index (Phi) is 24.1. The zero-order valence-electron chi connectivity index (χ0n) is 43.6. The van der Waals surface area contributed by atoms with Gasteiger partial charge >= 0.3 is 0 Å². The van der Waals surface area contributed by atoms with E-state index in [2.05, 4.69) is 67.8 Å². The normalized spacial score (nSPS) is 21.1. The first kappa shape index (κ1) is 60.0. The minimum atomic E-state index is -1.53. The maximum Gasteiger partial charge on any atom is 0.243 e. The Morgan fingerprint density at radius 2 is 1.36 bits per heavy atom. The van der Waals surface area contributed by atoms with E-state index in [4.69, 9.17) is 17.2 Å². The maximum absolute atomic E-state index is 14.7. The van der Waals surface area contributed by atoms with Gasteiger partial charge < -0.3 is 75.0 Å². The van der Waals surface area contributed by atoms with E-state index in [1.165, 1.54) is 19.4 Å². The molecule has 10 amide bonds. The van der Waals surface area contributed by atoms with Gasteiger partial charge in [0.2, 0.25) is 59.1 Å². The van der Waals surface area contributed by atoms with Crippen molar-refractivity contribution in [2.24, 2.45) is 22.2 Å². The fourth-order valence-corrected chi connectivity index (χ4v) is 8.56. The lowest BCUT2D eigenvalue weighted by molar-refractivity contribution is -0.135. The Labute approximate surface area is 450 Å². The average Bonchev–Trinajstić information content (AvgIpc) is 4.09. The first-order valence-corrected chi connectivity index (χ1v) is 26.0. The number of aromatic nitrogens is 3. The highest BCUT2D eigenvalue weighted by Crippen LogP contribution is 2.20. The van der Waals surface area contributed by atoms with Gasteiger partial charge in [-0.1, -0.05) is 48.5 Å². The van der Waals surface area contributed by atoms with Crippen LogP contribution in [-0.2, 0) is 67.2 Å². The number of hydrogen-bond donors (Lipinski definition) is 14. The fraction of sp³-hybridized carbons (Fsp3) is 0.462. The molecule has 6 atom stereocenters. The van der Waals surface area contributed by atoms with E-state index in [0.29, 0.717) is 29.7 Å². The number of guanidine groups is 1. The summed E-state index contributed by atoms with van der Waals surface area (Å²) >= 11 is 0. The van der Waals surface area contributed by atoms with Crippen molar-refractivity contribution >= 4 is 75.9 Å². The number of aliphatic imine (C=N–C) groups is 1. The second-order valence-electron chi connectivity index (χ2n) is 18.9. The van der Waals surface area contributed by atoms with Gasteiger partial charge in [-0.25, -0.2) is 4.98 Å². The molecule has 1 saturated heterocycles. The second-order valence-corrected chi connectivity index (χ2v) is 18.9. The van der Waals surface area contributed by atoms with Crippen molar-refractivity contribution in [3.63, 3.8) is 0 Å². The summed E-state index contributed by atoms with van der Waals surface area (Å²) in [7, 11) is 0. The highest BCUT2D eigenvalue weighted by Gasteiger charge is 2.34. The third kappa shape index (κ3) is 20.7. The van der Waals surface area contributed by atoms with E-state index in [1.54, 1.807) is 36.5 Å². The molecule has 26 heteroatoms. The summed E-state index contributed by atoms with van der Waals surface area (Å²) < 4.78 is 0. The molecular weight excluding hydrogens is 1010 g/mol. The zero-order valence-corrected chi connectivity index (χ0v) is 43.6. The van der Waals surface area contributed by atoms with Crippen molar-refractivity contribution < 1.29 is 47.9 Å². The minimum absolute atomic E-state index is 0.0000178. The van der Waals surface area contributed by atoms with Gasteiger partial charge in [-0.3, -0.25) is 52.9 Å². The number of amides is 10. The molecule has 420 valence electrons. The van der Waals surface area contributed by atoms with Crippen molar-refractivity contribution in [1.82, 2.24) is 62.8 Å². The number of benzene rings is 2. The number of hydrogen-bond acceptors (Lipinski definition) is 12. The molecule has 0 bridgehead atoms. The van der Waals surface area contributed by atoms with Gasteiger partial charge in [0.15, 0.2) is 5.96 Å². The number of primary amides is 1. The van der Waals surface area contributed by atoms with E-state index >= 15 is 0 Å². The van der Waals surface area contributed by atoms with E-state index in [1.807, 2.05) is 24.3 Å². The van der Waals surface area contributed by atoms with Gasteiger partial charge in [0.25, 0.3) is 0 Å². The van der Waals surface area contributed by atoms with Gasteiger partial charge in [0.1, 0.15) is 36.3 Å². The summed E-state index contributed by atoms with van der Waals surface area (Å²) in [5.74, 6) is -7.04. The monoisotopic (exact) mass is 1080 g/mol. The molecule has 3 heterocycles. The lowest BCUT2D eigenvalue weighted by atomic mass is 10.0. The van der Waals surface area contributed by atoms with Gasteiger partial charge in [-0.2, -0.15) is 0 Å². The molecule has 0 unspecified atom stereocenters. The maximum atomic E-state index is 14.7. The third-order valence-corrected chi connectivity index (χ3v) is 12.6. The van der Waals surface area contributed by atoms with Crippen LogP contribution in [0.5, 0.6) is 0 Å². The lowest BCUT2D eigenvalue weighted by Gasteiger charge is -2.27. The topological polar surface area (TPSA) is 414 Å². The van der Waals surface area contributed by atoms with Crippen LogP contribution in [0.1, 0.15) is 88.0 Å². The van der Waals surface area contributed by atoms with E-state index in [9.17, 15) is 47.9 Å². The van der Waals surface area contributed by atoms with E-state index in [-0.39, 0.29) is 102 Å². The molecule has 0 spiro atoms. The third-order valence-electron chi connectivity index (χ3n) is 12.6. The van der Waals surface area contributed by atoms with Crippen LogP contribution in [0, 0.1) is 0 Å². The Morgan fingerprint density at radius 1 is 0.692 bits per heavy atom. The Bertz CT molecular complexity index is 2710. The molecule has 2 aromatic heterocycles.